The van der Waals surface area contributed by atoms with Crippen molar-refractivity contribution in [1.29, 1.82) is 0 Å². The molecule has 2 aliphatic rings. The number of nitrogens with zero attached hydrogens (tertiary/aromatic N) is 2. The molecule has 1 unspecified atom stereocenters. The van der Waals surface area contributed by atoms with Gasteiger partial charge in [-0.25, -0.2) is 0 Å². The Morgan fingerprint density at radius 1 is 1.50 bits per heavy atom. The van der Waals surface area contributed by atoms with E-state index >= 15 is 0 Å². The molecule has 0 bridgehead atoms. The molecule has 1 saturated carbocycles. The molecule has 1 aromatic heterocycles. The van der Waals surface area contributed by atoms with Crippen molar-refractivity contribution >= 4 is 5.91 Å². The molecule has 1 aliphatic heterocycles. The molecule has 138 valence electrons. The predicted molar refractivity (Wildman–Crippen MR) is 93.1 cm³/mol. The maximum Gasteiger partial charge on any atom is 0.224 e. The van der Waals surface area contributed by atoms with Gasteiger partial charge in [0, 0.05) is 23.8 Å². The molecule has 1 aromatic carbocycles. The smallest absolute Gasteiger partial charge is 0.224 e. The first-order valence-electron chi connectivity index (χ1n) is 8.99. The fourth-order valence-corrected chi connectivity index (χ4v) is 3.93. The van der Waals surface area contributed by atoms with Crippen LogP contribution < -0.4 is 14.8 Å². The molecule has 1 aliphatic carbocycles. The molecule has 0 radical (unpaired) electrons. The van der Waals surface area contributed by atoms with E-state index in [2.05, 4.69) is 15.5 Å². The number of fused-ring (bicyclic) bond motifs is 2. The standard InChI is InChI=1S/C19H23N3O4/c1-4-15(17-20-11(2)26-22-17)21-18(23)14-10-19(14)7-8-25-16-6-5-12(24-3)9-13(16)19/h5-6,9,14-15H,4,7-8,10H2,1-3H3,(H,21,23)/t14-,15?,19-/m1/s1. The predicted octanol–water partition coefficient (Wildman–Crippen LogP) is 2.69. The molecule has 0 saturated heterocycles. The summed E-state index contributed by atoms with van der Waals surface area (Å²) in [6.45, 7) is 4.37. The first-order valence-corrected chi connectivity index (χ1v) is 8.99. The number of nitrogens with one attached hydrogen (secondary N) is 1. The number of carbonyl (C=O) groups is 1. The Balaban J connectivity index is 1.54. The van der Waals surface area contributed by atoms with Crippen molar-refractivity contribution < 1.29 is 18.8 Å². The van der Waals surface area contributed by atoms with Crippen molar-refractivity contribution in [3.05, 3.63) is 35.5 Å². The fraction of sp³-hybridized carbons (Fsp3) is 0.526. The highest BCUT2D eigenvalue weighted by atomic mass is 16.5. The van der Waals surface area contributed by atoms with E-state index in [0.717, 1.165) is 29.9 Å². The summed E-state index contributed by atoms with van der Waals surface area (Å²) in [5, 5.41) is 7.04. The van der Waals surface area contributed by atoms with Gasteiger partial charge in [-0.2, -0.15) is 4.98 Å². The highest BCUT2D eigenvalue weighted by molar-refractivity contribution is 5.85. The lowest BCUT2D eigenvalue weighted by molar-refractivity contribution is -0.123. The summed E-state index contributed by atoms with van der Waals surface area (Å²) in [6.07, 6.45) is 2.37. The quantitative estimate of drug-likeness (QED) is 0.885. The van der Waals surface area contributed by atoms with Crippen molar-refractivity contribution in [3.8, 4) is 11.5 Å². The van der Waals surface area contributed by atoms with Crippen LogP contribution in [-0.4, -0.2) is 29.8 Å². The van der Waals surface area contributed by atoms with Crippen LogP contribution in [0, 0.1) is 12.8 Å². The third-order valence-corrected chi connectivity index (χ3v) is 5.50. The fourth-order valence-electron chi connectivity index (χ4n) is 3.93. The summed E-state index contributed by atoms with van der Waals surface area (Å²) < 4.78 is 16.2. The van der Waals surface area contributed by atoms with Gasteiger partial charge in [0.15, 0.2) is 5.82 Å². The van der Waals surface area contributed by atoms with E-state index in [9.17, 15) is 4.79 Å². The molecule has 1 N–H and O–H groups in total. The first-order chi connectivity index (χ1) is 12.6. The van der Waals surface area contributed by atoms with E-state index < -0.39 is 0 Å². The Hall–Kier alpha value is -2.57. The highest BCUT2D eigenvalue weighted by Crippen LogP contribution is 2.61. The molecule has 1 fully saturated rings. The van der Waals surface area contributed by atoms with Gasteiger partial charge in [0.1, 0.15) is 11.5 Å². The Kier molecular flexibility index (Phi) is 4.09. The number of aryl methyl sites for hydroxylation is 1. The zero-order valence-electron chi connectivity index (χ0n) is 15.2. The number of hydrogen-bond donors (Lipinski definition) is 1. The lowest BCUT2D eigenvalue weighted by Crippen LogP contribution is -2.34. The van der Waals surface area contributed by atoms with E-state index in [1.165, 1.54) is 0 Å². The number of rotatable bonds is 5. The number of hydrogen-bond acceptors (Lipinski definition) is 6. The lowest BCUT2D eigenvalue weighted by Gasteiger charge is -2.27. The molecule has 2 heterocycles. The lowest BCUT2D eigenvalue weighted by atomic mass is 9.87. The van der Waals surface area contributed by atoms with Gasteiger partial charge < -0.3 is 19.3 Å². The topological polar surface area (TPSA) is 86.5 Å². The molecule has 1 spiro atoms. The second-order valence-corrected chi connectivity index (χ2v) is 7.01. The average molecular weight is 357 g/mol. The van der Waals surface area contributed by atoms with Gasteiger partial charge in [-0.05, 0) is 37.5 Å². The van der Waals surface area contributed by atoms with Crippen LogP contribution in [0.5, 0.6) is 11.5 Å². The number of ether oxygens (including phenoxy) is 2. The molecular formula is C19H23N3O4. The third kappa shape index (κ3) is 2.71. The van der Waals surface area contributed by atoms with Gasteiger partial charge >= 0.3 is 0 Å². The molecule has 2 aromatic rings. The first kappa shape index (κ1) is 16.9. The number of methoxy groups -OCH3 is 1. The minimum atomic E-state index is -0.234. The Morgan fingerprint density at radius 3 is 3.04 bits per heavy atom. The molecule has 1 amide bonds. The zero-order valence-corrected chi connectivity index (χ0v) is 15.2. The minimum absolute atomic E-state index is 0.0370. The normalized spacial score (nSPS) is 24.5. The summed E-state index contributed by atoms with van der Waals surface area (Å²) >= 11 is 0. The van der Waals surface area contributed by atoms with Crippen molar-refractivity contribution in [2.45, 2.75) is 44.6 Å². The molecule has 7 nitrogen and oxygen atoms in total. The van der Waals surface area contributed by atoms with Gasteiger partial charge in [0.05, 0.1) is 19.8 Å². The van der Waals surface area contributed by atoms with Crippen LogP contribution in [-0.2, 0) is 10.2 Å². The highest BCUT2D eigenvalue weighted by Gasteiger charge is 2.61. The number of benzene rings is 1. The summed E-state index contributed by atoms with van der Waals surface area (Å²) in [6, 6.07) is 5.59. The van der Waals surface area contributed by atoms with Crippen LogP contribution in [0.1, 0.15) is 49.5 Å². The maximum absolute atomic E-state index is 12.9. The van der Waals surface area contributed by atoms with Crippen LogP contribution in [0.15, 0.2) is 22.7 Å². The Bertz CT molecular complexity index is 834. The van der Waals surface area contributed by atoms with Crippen molar-refractivity contribution in [2.75, 3.05) is 13.7 Å². The van der Waals surface area contributed by atoms with Crippen LogP contribution in [0.25, 0.3) is 0 Å². The number of carbonyl (C=O) groups excluding carboxylic acids is 1. The van der Waals surface area contributed by atoms with E-state index in [0.29, 0.717) is 24.7 Å². The summed E-state index contributed by atoms with van der Waals surface area (Å²) in [7, 11) is 1.65. The molecule has 4 rings (SSSR count). The van der Waals surface area contributed by atoms with Crippen LogP contribution in [0.2, 0.25) is 0 Å². The Labute approximate surface area is 152 Å². The van der Waals surface area contributed by atoms with Gasteiger partial charge in [-0.3, -0.25) is 4.79 Å². The van der Waals surface area contributed by atoms with E-state index in [1.54, 1.807) is 14.0 Å². The molecule has 3 atom stereocenters. The molecule has 7 heteroatoms. The third-order valence-electron chi connectivity index (χ3n) is 5.50. The SMILES string of the molecule is CCC(NC(=O)[C@H]1C[C@@]12CCOc1ccc(OC)cc12)c1noc(C)n1. The second-order valence-electron chi connectivity index (χ2n) is 7.01. The number of aromatic nitrogens is 2. The van der Waals surface area contributed by atoms with Gasteiger partial charge in [-0.1, -0.05) is 12.1 Å². The molecule has 26 heavy (non-hydrogen) atoms. The number of amides is 1. The van der Waals surface area contributed by atoms with Gasteiger partial charge in [-0.15, -0.1) is 0 Å². The average Bonchev–Trinajstić information content (AvgIpc) is 3.21. The van der Waals surface area contributed by atoms with Crippen molar-refractivity contribution in [1.82, 2.24) is 15.5 Å². The van der Waals surface area contributed by atoms with Crippen LogP contribution in [0.3, 0.4) is 0 Å². The van der Waals surface area contributed by atoms with E-state index in [1.807, 2.05) is 25.1 Å². The van der Waals surface area contributed by atoms with Crippen LogP contribution >= 0.6 is 0 Å². The molecular weight excluding hydrogens is 334 g/mol. The van der Waals surface area contributed by atoms with Gasteiger partial charge in [0.25, 0.3) is 0 Å². The van der Waals surface area contributed by atoms with Gasteiger partial charge in [0.2, 0.25) is 11.8 Å². The summed E-state index contributed by atoms with van der Waals surface area (Å²) in [4.78, 5) is 17.2. The summed E-state index contributed by atoms with van der Waals surface area (Å²) in [5.74, 6) is 2.64. The monoisotopic (exact) mass is 357 g/mol. The van der Waals surface area contributed by atoms with Crippen molar-refractivity contribution in [3.63, 3.8) is 0 Å². The van der Waals surface area contributed by atoms with Crippen molar-refractivity contribution in [2.24, 2.45) is 5.92 Å². The Morgan fingerprint density at radius 2 is 2.35 bits per heavy atom. The minimum Gasteiger partial charge on any atom is -0.497 e. The zero-order chi connectivity index (χ0) is 18.3. The summed E-state index contributed by atoms with van der Waals surface area (Å²) in [5.41, 5.74) is 0.921. The maximum atomic E-state index is 12.9. The largest absolute Gasteiger partial charge is 0.497 e. The second kappa shape index (κ2) is 6.30. The van der Waals surface area contributed by atoms with E-state index in [4.69, 9.17) is 14.0 Å². The van der Waals surface area contributed by atoms with E-state index in [-0.39, 0.29) is 23.3 Å². The van der Waals surface area contributed by atoms with Crippen LogP contribution in [0.4, 0.5) is 0 Å².